The maximum atomic E-state index is 12.9. The third kappa shape index (κ3) is 4.29. The zero-order valence-corrected chi connectivity index (χ0v) is 16.9. The molecule has 3 aromatic rings. The van der Waals surface area contributed by atoms with Crippen LogP contribution in [0.4, 0.5) is 5.69 Å². The molecule has 1 atom stereocenters. The lowest BCUT2D eigenvalue weighted by atomic mass is 10.1. The number of fused-ring (bicyclic) bond motifs is 1. The van der Waals surface area contributed by atoms with Crippen LogP contribution in [0.5, 0.6) is 11.5 Å². The molecule has 0 N–H and O–H groups in total. The van der Waals surface area contributed by atoms with E-state index in [2.05, 4.69) is 17.0 Å². The van der Waals surface area contributed by atoms with E-state index >= 15 is 0 Å². The first-order chi connectivity index (χ1) is 14.1. The number of rotatable bonds is 5. The lowest BCUT2D eigenvalue weighted by Crippen LogP contribution is -2.52. The van der Waals surface area contributed by atoms with Gasteiger partial charge in [0.15, 0.2) is 6.10 Å². The third-order valence-electron chi connectivity index (χ3n) is 5.39. The Morgan fingerprint density at radius 1 is 0.862 bits per heavy atom. The number of anilines is 1. The van der Waals surface area contributed by atoms with Crippen molar-refractivity contribution in [2.45, 2.75) is 13.0 Å². The molecule has 1 amide bonds. The number of nitrogens with zero attached hydrogens (tertiary/aromatic N) is 2. The second-order valence-corrected chi connectivity index (χ2v) is 7.28. The van der Waals surface area contributed by atoms with Gasteiger partial charge in [0, 0.05) is 31.9 Å². The van der Waals surface area contributed by atoms with Crippen LogP contribution in [-0.2, 0) is 4.79 Å². The van der Waals surface area contributed by atoms with Crippen LogP contribution in [0.2, 0.25) is 0 Å². The number of para-hydroxylation sites is 1. The van der Waals surface area contributed by atoms with Crippen LogP contribution in [0, 0.1) is 0 Å². The molecular formula is C24H26N2O3. The molecule has 5 heteroatoms. The van der Waals surface area contributed by atoms with Gasteiger partial charge in [-0.15, -0.1) is 0 Å². The van der Waals surface area contributed by atoms with Gasteiger partial charge in [-0.05, 0) is 54.1 Å². The van der Waals surface area contributed by atoms with Crippen molar-refractivity contribution >= 4 is 22.4 Å². The van der Waals surface area contributed by atoms with Crippen LogP contribution in [-0.4, -0.2) is 50.2 Å². The SMILES string of the molecule is COc1ccc2ccc(OC(C)C(=O)N3CCN(c4ccccc4)CC3)cc2c1. The van der Waals surface area contributed by atoms with Crippen molar-refractivity contribution in [3.05, 3.63) is 66.7 Å². The molecule has 1 saturated heterocycles. The van der Waals surface area contributed by atoms with Crippen molar-refractivity contribution in [3.63, 3.8) is 0 Å². The number of ether oxygens (including phenoxy) is 2. The van der Waals surface area contributed by atoms with Gasteiger partial charge in [-0.25, -0.2) is 0 Å². The smallest absolute Gasteiger partial charge is 0.263 e. The van der Waals surface area contributed by atoms with E-state index in [9.17, 15) is 4.79 Å². The Bertz CT molecular complexity index is 982. The number of piperazine rings is 1. The largest absolute Gasteiger partial charge is 0.497 e. The molecule has 5 nitrogen and oxygen atoms in total. The lowest BCUT2D eigenvalue weighted by Gasteiger charge is -2.37. The summed E-state index contributed by atoms with van der Waals surface area (Å²) in [4.78, 5) is 17.1. The van der Waals surface area contributed by atoms with Crippen molar-refractivity contribution in [1.82, 2.24) is 4.90 Å². The Kier molecular flexibility index (Phi) is 5.56. The number of carbonyl (C=O) groups excluding carboxylic acids is 1. The van der Waals surface area contributed by atoms with Gasteiger partial charge in [0.1, 0.15) is 11.5 Å². The predicted octanol–water partition coefficient (Wildman–Crippen LogP) is 3.96. The fourth-order valence-corrected chi connectivity index (χ4v) is 3.74. The molecule has 1 aliphatic rings. The molecule has 0 bridgehead atoms. The fourth-order valence-electron chi connectivity index (χ4n) is 3.74. The Labute approximate surface area is 171 Å². The highest BCUT2D eigenvalue weighted by atomic mass is 16.5. The summed E-state index contributed by atoms with van der Waals surface area (Å²) in [7, 11) is 1.65. The average molecular weight is 390 g/mol. The molecule has 1 fully saturated rings. The van der Waals surface area contributed by atoms with Crippen molar-refractivity contribution in [1.29, 1.82) is 0 Å². The highest BCUT2D eigenvalue weighted by molar-refractivity contribution is 5.85. The normalized spacial score (nSPS) is 15.2. The lowest BCUT2D eigenvalue weighted by molar-refractivity contribution is -0.138. The number of methoxy groups -OCH3 is 1. The van der Waals surface area contributed by atoms with Gasteiger partial charge in [0.25, 0.3) is 5.91 Å². The van der Waals surface area contributed by atoms with E-state index in [4.69, 9.17) is 9.47 Å². The Hall–Kier alpha value is -3.21. The number of hydrogen-bond donors (Lipinski definition) is 0. The minimum absolute atomic E-state index is 0.0310. The first-order valence-electron chi connectivity index (χ1n) is 9.97. The zero-order chi connectivity index (χ0) is 20.2. The molecule has 150 valence electrons. The van der Waals surface area contributed by atoms with Gasteiger partial charge in [-0.1, -0.05) is 30.3 Å². The summed E-state index contributed by atoms with van der Waals surface area (Å²) < 4.78 is 11.3. The summed E-state index contributed by atoms with van der Waals surface area (Å²) in [5, 5.41) is 2.13. The third-order valence-corrected chi connectivity index (χ3v) is 5.39. The van der Waals surface area contributed by atoms with Gasteiger partial charge in [-0.3, -0.25) is 4.79 Å². The number of hydrogen-bond acceptors (Lipinski definition) is 4. The molecule has 1 aliphatic heterocycles. The van der Waals surface area contributed by atoms with Crippen molar-refractivity contribution in [2.24, 2.45) is 0 Å². The van der Waals surface area contributed by atoms with Crippen LogP contribution in [0.3, 0.4) is 0 Å². The molecule has 29 heavy (non-hydrogen) atoms. The van der Waals surface area contributed by atoms with Crippen molar-refractivity contribution in [3.8, 4) is 11.5 Å². The van der Waals surface area contributed by atoms with Gasteiger partial charge in [-0.2, -0.15) is 0 Å². The molecule has 1 heterocycles. The van der Waals surface area contributed by atoms with E-state index in [-0.39, 0.29) is 5.91 Å². The quantitative estimate of drug-likeness (QED) is 0.661. The minimum Gasteiger partial charge on any atom is -0.497 e. The maximum absolute atomic E-state index is 12.9. The zero-order valence-electron chi connectivity index (χ0n) is 16.9. The second-order valence-electron chi connectivity index (χ2n) is 7.28. The van der Waals surface area contributed by atoms with Crippen LogP contribution < -0.4 is 14.4 Å². The second kappa shape index (κ2) is 8.43. The molecule has 3 aromatic carbocycles. The first-order valence-corrected chi connectivity index (χ1v) is 9.97. The maximum Gasteiger partial charge on any atom is 0.263 e. The van der Waals surface area contributed by atoms with E-state index in [1.54, 1.807) is 7.11 Å². The average Bonchev–Trinajstić information content (AvgIpc) is 2.78. The van der Waals surface area contributed by atoms with Crippen LogP contribution in [0.1, 0.15) is 6.92 Å². The minimum atomic E-state index is -0.527. The summed E-state index contributed by atoms with van der Waals surface area (Å²) in [6, 6.07) is 22.1. The van der Waals surface area contributed by atoms with E-state index in [0.717, 1.165) is 29.6 Å². The topological polar surface area (TPSA) is 42.0 Å². The summed E-state index contributed by atoms with van der Waals surface area (Å²) >= 11 is 0. The Morgan fingerprint density at radius 2 is 1.52 bits per heavy atom. The standard InChI is InChI=1S/C24H26N2O3/c1-18(29-23-11-9-19-8-10-22(28-2)16-20(19)17-23)24(27)26-14-12-25(13-15-26)21-6-4-3-5-7-21/h3-11,16-18H,12-15H2,1-2H3. The van der Waals surface area contributed by atoms with Gasteiger partial charge < -0.3 is 19.3 Å². The summed E-state index contributed by atoms with van der Waals surface area (Å²) in [5.41, 5.74) is 1.20. The molecular weight excluding hydrogens is 364 g/mol. The molecule has 4 rings (SSSR count). The summed E-state index contributed by atoms with van der Waals surface area (Å²) in [6.07, 6.45) is -0.527. The summed E-state index contributed by atoms with van der Waals surface area (Å²) in [6.45, 7) is 4.89. The van der Waals surface area contributed by atoms with E-state index in [0.29, 0.717) is 18.8 Å². The molecule has 0 radical (unpaired) electrons. The highest BCUT2D eigenvalue weighted by Crippen LogP contribution is 2.26. The molecule has 0 saturated carbocycles. The highest BCUT2D eigenvalue weighted by Gasteiger charge is 2.26. The molecule has 0 spiro atoms. The van der Waals surface area contributed by atoms with Crippen LogP contribution >= 0.6 is 0 Å². The predicted molar refractivity (Wildman–Crippen MR) is 116 cm³/mol. The van der Waals surface area contributed by atoms with Gasteiger partial charge >= 0.3 is 0 Å². The molecule has 0 aromatic heterocycles. The van der Waals surface area contributed by atoms with Gasteiger partial charge in [0.2, 0.25) is 0 Å². The Balaban J connectivity index is 1.38. The molecule has 0 aliphatic carbocycles. The molecule has 1 unspecified atom stereocenters. The van der Waals surface area contributed by atoms with Crippen molar-refractivity contribution in [2.75, 3.05) is 38.2 Å². The van der Waals surface area contributed by atoms with Gasteiger partial charge in [0.05, 0.1) is 7.11 Å². The Morgan fingerprint density at radius 3 is 2.21 bits per heavy atom. The first kappa shape index (κ1) is 19.1. The number of carbonyl (C=O) groups is 1. The fraction of sp³-hybridized carbons (Fsp3) is 0.292. The van der Waals surface area contributed by atoms with E-state index in [1.165, 1.54) is 5.69 Å². The van der Waals surface area contributed by atoms with Crippen LogP contribution in [0.25, 0.3) is 10.8 Å². The van der Waals surface area contributed by atoms with Crippen molar-refractivity contribution < 1.29 is 14.3 Å². The monoisotopic (exact) mass is 390 g/mol. The van der Waals surface area contributed by atoms with E-state index < -0.39 is 6.10 Å². The number of amides is 1. The van der Waals surface area contributed by atoms with Crippen LogP contribution in [0.15, 0.2) is 66.7 Å². The number of benzene rings is 3. The van der Waals surface area contributed by atoms with E-state index in [1.807, 2.05) is 66.4 Å². The summed E-state index contributed by atoms with van der Waals surface area (Å²) in [5.74, 6) is 1.52.